The van der Waals surface area contributed by atoms with Crippen LogP contribution in [0.15, 0.2) is 54.9 Å². The van der Waals surface area contributed by atoms with Crippen LogP contribution in [0.2, 0.25) is 0 Å². The minimum absolute atomic E-state index is 0.0416. The van der Waals surface area contributed by atoms with Gasteiger partial charge in [-0.25, -0.2) is 9.78 Å². The number of amides is 2. The van der Waals surface area contributed by atoms with Gasteiger partial charge in [0.2, 0.25) is 0 Å². The van der Waals surface area contributed by atoms with Gasteiger partial charge < -0.3 is 14.8 Å². The highest BCUT2D eigenvalue weighted by Gasteiger charge is 2.08. The Morgan fingerprint density at radius 2 is 1.85 bits per heavy atom. The van der Waals surface area contributed by atoms with Crippen molar-refractivity contribution in [1.82, 2.24) is 19.8 Å². The molecular formula is C21H26N4O. The first-order chi connectivity index (χ1) is 12.7. The van der Waals surface area contributed by atoms with Gasteiger partial charge in [-0.05, 0) is 36.1 Å². The van der Waals surface area contributed by atoms with E-state index in [0.717, 1.165) is 36.0 Å². The van der Waals surface area contributed by atoms with Gasteiger partial charge in [0.15, 0.2) is 0 Å². The molecular weight excluding hydrogens is 324 g/mol. The highest BCUT2D eigenvalue weighted by molar-refractivity contribution is 5.75. The third-order valence-electron chi connectivity index (χ3n) is 4.58. The number of aromatic nitrogens is 2. The fourth-order valence-electron chi connectivity index (χ4n) is 2.99. The molecule has 0 aliphatic carbocycles. The lowest BCUT2D eigenvalue weighted by molar-refractivity contribution is 0.206. The average molecular weight is 350 g/mol. The van der Waals surface area contributed by atoms with Gasteiger partial charge in [0, 0.05) is 26.7 Å². The number of fused-ring (bicyclic) bond motifs is 1. The molecule has 0 aliphatic heterocycles. The van der Waals surface area contributed by atoms with Crippen LogP contribution in [0, 0.1) is 0 Å². The summed E-state index contributed by atoms with van der Waals surface area (Å²) in [5, 5.41) is 2.99. The van der Waals surface area contributed by atoms with Crippen molar-refractivity contribution in [2.75, 3.05) is 13.6 Å². The van der Waals surface area contributed by atoms with E-state index < -0.39 is 0 Å². The number of hydrogen-bond acceptors (Lipinski definition) is 2. The van der Waals surface area contributed by atoms with E-state index >= 15 is 0 Å². The van der Waals surface area contributed by atoms with Crippen molar-refractivity contribution >= 4 is 17.1 Å². The van der Waals surface area contributed by atoms with E-state index in [1.165, 1.54) is 5.56 Å². The normalized spacial score (nSPS) is 10.8. The highest BCUT2D eigenvalue weighted by Crippen LogP contribution is 2.12. The van der Waals surface area contributed by atoms with E-state index in [9.17, 15) is 4.79 Å². The molecule has 0 bridgehead atoms. The molecule has 2 amide bonds. The number of urea groups is 1. The van der Waals surface area contributed by atoms with Crippen molar-refractivity contribution in [2.45, 2.75) is 32.9 Å². The third kappa shape index (κ3) is 4.42. The van der Waals surface area contributed by atoms with Gasteiger partial charge in [-0.3, -0.25) is 0 Å². The van der Waals surface area contributed by atoms with Crippen LogP contribution in [0.4, 0.5) is 4.79 Å². The quantitative estimate of drug-likeness (QED) is 0.658. The molecule has 5 nitrogen and oxygen atoms in total. The van der Waals surface area contributed by atoms with Gasteiger partial charge in [-0.15, -0.1) is 0 Å². The summed E-state index contributed by atoms with van der Waals surface area (Å²) < 4.78 is 2.13. The molecule has 0 unspecified atom stereocenters. The maximum atomic E-state index is 12.2. The van der Waals surface area contributed by atoms with E-state index in [4.69, 9.17) is 0 Å². The average Bonchev–Trinajstić information content (AvgIpc) is 3.09. The number of aryl methyl sites for hydroxylation is 2. The summed E-state index contributed by atoms with van der Waals surface area (Å²) in [5.41, 5.74) is 4.59. The molecule has 5 heteroatoms. The van der Waals surface area contributed by atoms with Crippen molar-refractivity contribution < 1.29 is 4.79 Å². The van der Waals surface area contributed by atoms with Gasteiger partial charge in [-0.1, -0.05) is 43.3 Å². The zero-order valence-electron chi connectivity index (χ0n) is 15.5. The first-order valence-electron chi connectivity index (χ1n) is 9.14. The van der Waals surface area contributed by atoms with Crippen molar-refractivity contribution in [1.29, 1.82) is 0 Å². The van der Waals surface area contributed by atoms with Crippen molar-refractivity contribution in [3.8, 4) is 0 Å². The molecule has 0 radical (unpaired) electrons. The van der Waals surface area contributed by atoms with E-state index in [1.807, 2.05) is 31.6 Å². The SMILES string of the molecule is CCc1ccc(CN(C)C(=O)NCCCn2cnc3ccccc32)cc1. The fraction of sp³-hybridized carbons (Fsp3) is 0.333. The standard InChI is InChI=1S/C21H26N4O/c1-3-17-9-11-18(12-10-17)15-24(2)21(26)22-13-6-14-25-16-23-19-7-4-5-8-20(19)25/h4-5,7-12,16H,3,6,13-15H2,1-2H3,(H,22,26). The number of rotatable bonds is 7. The molecule has 3 rings (SSSR count). The van der Waals surface area contributed by atoms with Gasteiger partial charge in [-0.2, -0.15) is 0 Å². The van der Waals surface area contributed by atoms with Crippen LogP contribution >= 0.6 is 0 Å². The van der Waals surface area contributed by atoms with Crippen LogP contribution in [-0.2, 0) is 19.5 Å². The molecule has 1 aromatic heterocycles. The smallest absolute Gasteiger partial charge is 0.317 e. The number of carbonyl (C=O) groups excluding carboxylic acids is 1. The molecule has 2 aromatic carbocycles. The first kappa shape index (κ1) is 18.0. The van der Waals surface area contributed by atoms with E-state index in [1.54, 1.807) is 4.90 Å². The lowest BCUT2D eigenvalue weighted by Gasteiger charge is -2.18. The Morgan fingerprint density at radius 1 is 1.12 bits per heavy atom. The number of imidazole rings is 1. The number of carbonyl (C=O) groups is 1. The molecule has 0 saturated heterocycles. The van der Waals surface area contributed by atoms with Gasteiger partial charge in [0.05, 0.1) is 17.4 Å². The van der Waals surface area contributed by atoms with E-state index in [2.05, 4.69) is 52.1 Å². The maximum Gasteiger partial charge on any atom is 0.317 e. The molecule has 0 atom stereocenters. The summed E-state index contributed by atoms with van der Waals surface area (Å²) >= 11 is 0. The summed E-state index contributed by atoms with van der Waals surface area (Å²) in [4.78, 5) is 18.3. The molecule has 3 aromatic rings. The minimum atomic E-state index is -0.0416. The molecule has 0 spiro atoms. The van der Waals surface area contributed by atoms with Crippen molar-refractivity contribution in [3.63, 3.8) is 0 Å². The molecule has 0 saturated carbocycles. The summed E-state index contributed by atoms with van der Waals surface area (Å²) in [5.74, 6) is 0. The molecule has 1 heterocycles. The topological polar surface area (TPSA) is 50.2 Å². The Balaban J connectivity index is 1.43. The van der Waals surface area contributed by atoms with E-state index in [0.29, 0.717) is 13.1 Å². The summed E-state index contributed by atoms with van der Waals surface area (Å²) in [7, 11) is 1.83. The number of benzene rings is 2. The van der Waals surface area contributed by atoms with Crippen LogP contribution in [-0.4, -0.2) is 34.1 Å². The number of hydrogen-bond donors (Lipinski definition) is 1. The summed E-state index contributed by atoms with van der Waals surface area (Å²) in [6, 6.07) is 16.5. The van der Waals surface area contributed by atoms with Crippen molar-refractivity contribution in [2.24, 2.45) is 0 Å². The summed E-state index contributed by atoms with van der Waals surface area (Å²) in [6.45, 7) is 4.23. The number of nitrogens with one attached hydrogen (secondary N) is 1. The molecule has 136 valence electrons. The second kappa shape index (κ2) is 8.52. The third-order valence-corrected chi connectivity index (χ3v) is 4.58. The van der Waals surface area contributed by atoms with Gasteiger partial charge in [0.25, 0.3) is 0 Å². The Hall–Kier alpha value is -2.82. The van der Waals surface area contributed by atoms with Crippen LogP contribution in [0.25, 0.3) is 11.0 Å². The van der Waals surface area contributed by atoms with Crippen LogP contribution in [0.5, 0.6) is 0 Å². The summed E-state index contributed by atoms with van der Waals surface area (Å²) in [6.07, 6.45) is 3.76. The Bertz CT molecular complexity index is 854. The van der Waals surface area contributed by atoms with Crippen LogP contribution in [0.3, 0.4) is 0 Å². The number of nitrogens with zero attached hydrogens (tertiary/aromatic N) is 3. The predicted octanol–water partition coefficient (Wildman–Crippen LogP) is 3.83. The zero-order valence-corrected chi connectivity index (χ0v) is 15.5. The first-order valence-corrected chi connectivity index (χ1v) is 9.14. The molecule has 26 heavy (non-hydrogen) atoms. The molecule has 1 N–H and O–H groups in total. The second-order valence-electron chi connectivity index (χ2n) is 6.54. The lowest BCUT2D eigenvalue weighted by Crippen LogP contribution is -2.37. The van der Waals surface area contributed by atoms with Gasteiger partial charge in [0.1, 0.15) is 0 Å². The van der Waals surface area contributed by atoms with Crippen LogP contribution in [0.1, 0.15) is 24.5 Å². The Kier molecular flexibility index (Phi) is 5.89. The predicted molar refractivity (Wildman–Crippen MR) is 105 cm³/mol. The minimum Gasteiger partial charge on any atom is -0.338 e. The van der Waals surface area contributed by atoms with Crippen LogP contribution < -0.4 is 5.32 Å². The fourth-order valence-corrected chi connectivity index (χ4v) is 2.99. The lowest BCUT2D eigenvalue weighted by atomic mass is 10.1. The number of para-hydroxylation sites is 2. The zero-order chi connectivity index (χ0) is 18.4. The Morgan fingerprint density at radius 3 is 2.62 bits per heavy atom. The highest BCUT2D eigenvalue weighted by atomic mass is 16.2. The Labute approximate surface area is 154 Å². The monoisotopic (exact) mass is 350 g/mol. The molecule has 0 aliphatic rings. The maximum absolute atomic E-state index is 12.2. The molecule has 0 fully saturated rings. The largest absolute Gasteiger partial charge is 0.338 e. The van der Waals surface area contributed by atoms with E-state index in [-0.39, 0.29) is 6.03 Å². The second-order valence-corrected chi connectivity index (χ2v) is 6.54. The van der Waals surface area contributed by atoms with Crippen molar-refractivity contribution in [3.05, 3.63) is 66.0 Å². The van der Waals surface area contributed by atoms with Gasteiger partial charge >= 0.3 is 6.03 Å².